The average molecular weight is 279 g/mol. The Morgan fingerprint density at radius 2 is 2.00 bits per heavy atom. The van der Waals surface area contributed by atoms with Gasteiger partial charge >= 0.3 is 0 Å². The summed E-state index contributed by atoms with van der Waals surface area (Å²) in [6.45, 7) is 2.70. The molecule has 0 fully saturated rings. The number of benzene rings is 1. The molecule has 0 amide bonds. The smallest absolute Gasteiger partial charge is 0.0770 e. The van der Waals surface area contributed by atoms with Crippen LogP contribution < -0.4 is 5.73 Å². The van der Waals surface area contributed by atoms with E-state index in [1.54, 1.807) is 7.11 Å². The quantitative estimate of drug-likeness (QED) is 0.740. The second kappa shape index (κ2) is 8.37. The molecule has 0 saturated carbocycles. The monoisotopic (exact) mass is 279 g/mol. The van der Waals surface area contributed by atoms with Crippen LogP contribution in [-0.2, 0) is 20.6 Å². The van der Waals surface area contributed by atoms with Gasteiger partial charge in [-0.15, -0.1) is 0 Å². The number of aryl methyl sites for hydroxylation is 1. The van der Waals surface area contributed by atoms with Gasteiger partial charge in [0.1, 0.15) is 0 Å². The Kier molecular flexibility index (Phi) is 6.47. The zero-order valence-electron chi connectivity index (χ0n) is 12.2. The predicted molar refractivity (Wildman–Crippen MR) is 78.7 cm³/mol. The number of rotatable bonds is 8. The van der Waals surface area contributed by atoms with E-state index in [9.17, 15) is 0 Å². The van der Waals surface area contributed by atoms with E-state index in [0.717, 1.165) is 19.3 Å². The summed E-state index contributed by atoms with van der Waals surface area (Å²) in [5.74, 6) is 0. The summed E-state index contributed by atoms with van der Waals surface area (Å²) in [5.41, 5.74) is 8.90. The van der Waals surface area contributed by atoms with Gasteiger partial charge in [-0.05, 0) is 30.4 Å². The molecule has 0 saturated heterocycles. The largest absolute Gasteiger partial charge is 0.382 e. The molecule has 1 aliphatic rings. The number of nitrogens with two attached hydrogens (primary N) is 1. The fraction of sp³-hybridized carbons (Fsp3) is 0.625. The van der Waals surface area contributed by atoms with Crippen molar-refractivity contribution in [1.82, 2.24) is 0 Å². The summed E-state index contributed by atoms with van der Waals surface area (Å²) in [7, 11) is 1.68. The van der Waals surface area contributed by atoms with Gasteiger partial charge in [0.25, 0.3) is 0 Å². The van der Waals surface area contributed by atoms with Gasteiger partial charge in [-0.2, -0.15) is 0 Å². The highest BCUT2D eigenvalue weighted by molar-refractivity contribution is 5.33. The van der Waals surface area contributed by atoms with Gasteiger partial charge in [0, 0.05) is 20.3 Å². The van der Waals surface area contributed by atoms with Gasteiger partial charge < -0.3 is 19.9 Å². The molecular weight excluding hydrogens is 254 g/mol. The lowest BCUT2D eigenvalue weighted by Gasteiger charge is -2.31. The minimum absolute atomic E-state index is 0.00522. The first kappa shape index (κ1) is 15.4. The van der Waals surface area contributed by atoms with Gasteiger partial charge in [0.05, 0.1) is 25.4 Å². The highest BCUT2D eigenvalue weighted by Crippen LogP contribution is 2.29. The van der Waals surface area contributed by atoms with Gasteiger partial charge in [0.2, 0.25) is 0 Å². The Morgan fingerprint density at radius 3 is 2.85 bits per heavy atom. The van der Waals surface area contributed by atoms with Gasteiger partial charge in [-0.25, -0.2) is 0 Å². The maximum Gasteiger partial charge on any atom is 0.0770 e. The fourth-order valence-electron chi connectivity index (χ4n) is 2.59. The first-order valence-corrected chi connectivity index (χ1v) is 7.34. The summed E-state index contributed by atoms with van der Waals surface area (Å²) >= 11 is 0. The van der Waals surface area contributed by atoms with Crippen molar-refractivity contribution < 1.29 is 14.2 Å². The van der Waals surface area contributed by atoms with E-state index >= 15 is 0 Å². The molecule has 2 atom stereocenters. The summed E-state index contributed by atoms with van der Waals surface area (Å²) in [4.78, 5) is 0. The third-order valence-corrected chi connectivity index (χ3v) is 3.71. The lowest BCUT2D eigenvalue weighted by Crippen LogP contribution is -2.34. The Hall–Kier alpha value is -0.940. The standard InChI is InChI=1S/C16H25NO3/c1-18-11-12-19-9-4-10-20-15-8-7-13-5-2-3-6-14(13)16(15)17/h2-3,5-6,15-16H,4,7-12,17H2,1H3. The van der Waals surface area contributed by atoms with Crippen molar-refractivity contribution in [3.05, 3.63) is 35.4 Å². The van der Waals surface area contributed by atoms with Crippen molar-refractivity contribution in [2.45, 2.75) is 31.4 Å². The first-order chi connectivity index (χ1) is 9.83. The lowest BCUT2D eigenvalue weighted by atomic mass is 9.86. The second-order valence-corrected chi connectivity index (χ2v) is 5.13. The lowest BCUT2D eigenvalue weighted by molar-refractivity contribution is 0.00592. The van der Waals surface area contributed by atoms with Crippen molar-refractivity contribution in [2.75, 3.05) is 33.5 Å². The molecule has 0 bridgehead atoms. The third kappa shape index (κ3) is 4.28. The van der Waals surface area contributed by atoms with E-state index in [2.05, 4.69) is 18.2 Å². The highest BCUT2D eigenvalue weighted by atomic mass is 16.5. The number of ether oxygens (including phenoxy) is 3. The molecule has 4 heteroatoms. The molecule has 0 aromatic heterocycles. The molecule has 0 heterocycles. The van der Waals surface area contributed by atoms with E-state index in [1.807, 2.05) is 6.07 Å². The molecule has 2 unspecified atom stereocenters. The Bertz CT molecular complexity index is 397. The topological polar surface area (TPSA) is 53.7 Å². The van der Waals surface area contributed by atoms with Crippen molar-refractivity contribution in [1.29, 1.82) is 0 Å². The Labute approximate surface area is 121 Å². The van der Waals surface area contributed by atoms with Gasteiger partial charge in [-0.1, -0.05) is 24.3 Å². The molecule has 0 radical (unpaired) electrons. The van der Waals surface area contributed by atoms with E-state index in [4.69, 9.17) is 19.9 Å². The molecule has 4 nitrogen and oxygen atoms in total. The van der Waals surface area contributed by atoms with Crippen LogP contribution in [0.25, 0.3) is 0 Å². The maximum atomic E-state index is 6.30. The average Bonchev–Trinajstić information content (AvgIpc) is 2.49. The zero-order chi connectivity index (χ0) is 14.2. The minimum Gasteiger partial charge on any atom is -0.382 e. The normalized spacial score (nSPS) is 21.7. The van der Waals surface area contributed by atoms with Crippen LogP contribution >= 0.6 is 0 Å². The molecule has 0 spiro atoms. The van der Waals surface area contributed by atoms with Crippen LogP contribution in [0.3, 0.4) is 0 Å². The highest BCUT2D eigenvalue weighted by Gasteiger charge is 2.26. The van der Waals surface area contributed by atoms with Crippen LogP contribution in [0.4, 0.5) is 0 Å². The molecule has 1 aromatic carbocycles. The van der Waals surface area contributed by atoms with Gasteiger partial charge in [0.15, 0.2) is 0 Å². The van der Waals surface area contributed by atoms with Crippen LogP contribution in [0, 0.1) is 0 Å². The Balaban J connectivity index is 1.67. The number of hydrogen-bond donors (Lipinski definition) is 1. The van der Waals surface area contributed by atoms with E-state index < -0.39 is 0 Å². The molecule has 1 aromatic rings. The van der Waals surface area contributed by atoms with Crippen LogP contribution in [0.15, 0.2) is 24.3 Å². The van der Waals surface area contributed by atoms with Crippen LogP contribution in [0.1, 0.15) is 30.0 Å². The summed E-state index contributed by atoms with van der Waals surface area (Å²) in [5, 5.41) is 0. The van der Waals surface area contributed by atoms with E-state index in [1.165, 1.54) is 11.1 Å². The van der Waals surface area contributed by atoms with Crippen molar-refractivity contribution in [3.8, 4) is 0 Å². The summed E-state index contributed by atoms with van der Waals surface area (Å²) < 4.78 is 16.3. The molecule has 0 aliphatic heterocycles. The van der Waals surface area contributed by atoms with Crippen LogP contribution in [0.2, 0.25) is 0 Å². The molecule has 112 valence electrons. The minimum atomic E-state index is -0.00522. The van der Waals surface area contributed by atoms with Crippen molar-refractivity contribution in [2.24, 2.45) is 5.73 Å². The Morgan fingerprint density at radius 1 is 1.15 bits per heavy atom. The molecule has 1 aliphatic carbocycles. The van der Waals surface area contributed by atoms with Crippen LogP contribution in [0.5, 0.6) is 0 Å². The molecule has 2 rings (SSSR count). The number of fused-ring (bicyclic) bond motifs is 1. The fourth-order valence-corrected chi connectivity index (χ4v) is 2.59. The summed E-state index contributed by atoms with van der Waals surface area (Å²) in [6.07, 6.45) is 3.08. The third-order valence-electron chi connectivity index (χ3n) is 3.71. The second-order valence-electron chi connectivity index (χ2n) is 5.13. The van der Waals surface area contributed by atoms with Crippen molar-refractivity contribution in [3.63, 3.8) is 0 Å². The maximum absolute atomic E-state index is 6.30. The van der Waals surface area contributed by atoms with E-state index in [0.29, 0.717) is 26.4 Å². The van der Waals surface area contributed by atoms with Gasteiger partial charge in [-0.3, -0.25) is 0 Å². The zero-order valence-corrected chi connectivity index (χ0v) is 12.2. The summed E-state index contributed by atoms with van der Waals surface area (Å²) in [6, 6.07) is 8.39. The molecule has 20 heavy (non-hydrogen) atoms. The SMILES string of the molecule is COCCOCCCOC1CCc2ccccc2C1N. The van der Waals surface area contributed by atoms with E-state index in [-0.39, 0.29) is 12.1 Å². The molecule has 2 N–H and O–H groups in total. The molecular formula is C16H25NO3. The number of hydrogen-bond acceptors (Lipinski definition) is 4. The van der Waals surface area contributed by atoms with Crippen LogP contribution in [-0.4, -0.2) is 39.6 Å². The van der Waals surface area contributed by atoms with Crippen molar-refractivity contribution >= 4 is 0 Å². The number of methoxy groups -OCH3 is 1. The first-order valence-electron chi connectivity index (χ1n) is 7.34. The predicted octanol–water partition coefficient (Wildman–Crippen LogP) is 2.07.